The average molecular weight is 705 g/mol. The summed E-state index contributed by atoms with van der Waals surface area (Å²) < 4.78 is 6.63. The molecule has 1 aromatic heterocycles. The Morgan fingerprint density at radius 3 is 1.16 bits per heavy atom. The molecule has 10 rings (SSSR count). The van der Waals surface area contributed by atoms with E-state index in [9.17, 15) is 0 Å². The maximum Gasteiger partial charge on any atom is 0.143 e. The van der Waals surface area contributed by atoms with Crippen LogP contribution in [-0.2, 0) is 0 Å². The Hall–Kier alpha value is -7.36. The van der Waals surface area contributed by atoms with Crippen molar-refractivity contribution in [1.29, 1.82) is 0 Å². The van der Waals surface area contributed by atoms with Crippen LogP contribution in [0.4, 0.5) is 34.1 Å². The lowest BCUT2D eigenvalue weighted by molar-refractivity contribution is 0.673. The van der Waals surface area contributed by atoms with Crippen LogP contribution in [0.1, 0.15) is 0 Å². The van der Waals surface area contributed by atoms with Crippen LogP contribution in [-0.4, -0.2) is 0 Å². The van der Waals surface area contributed by atoms with Gasteiger partial charge in [-0.2, -0.15) is 0 Å². The second-order valence-corrected chi connectivity index (χ2v) is 13.8. The summed E-state index contributed by atoms with van der Waals surface area (Å²) in [6.45, 7) is 0. The molecular weight excluding hydrogens is 669 g/mol. The van der Waals surface area contributed by atoms with E-state index in [1.54, 1.807) is 0 Å². The van der Waals surface area contributed by atoms with E-state index in [1.807, 2.05) is 0 Å². The molecule has 0 spiro atoms. The smallest absolute Gasteiger partial charge is 0.143 e. The van der Waals surface area contributed by atoms with E-state index >= 15 is 0 Å². The Balaban J connectivity index is 1.05. The van der Waals surface area contributed by atoms with Crippen molar-refractivity contribution >= 4 is 66.8 Å². The third-order valence-corrected chi connectivity index (χ3v) is 10.4. The first-order valence-electron chi connectivity index (χ1n) is 18.7. The van der Waals surface area contributed by atoms with Crippen molar-refractivity contribution in [2.75, 3.05) is 9.80 Å². The predicted molar refractivity (Wildman–Crippen MR) is 231 cm³/mol. The molecule has 0 aliphatic heterocycles. The highest BCUT2D eigenvalue weighted by atomic mass is 16.3. The zero-order valence-corrected chi connectivity index (χ0v) is 30.1. The number of benzene rings is 9. The van der Waals surface area contributed by atoms with Crippen LogP contribution in [0.5, 0.6) is 0 Å². The predicted octanol–water partition coefficient (Wildman–Crippen LogP) is 15.0. The fourth-order valence-electron chi connectivity index (χ4n) is 7.81. The van der Waals surface area contributed by atoms with E-state index in [1.165, 1.54) is 10.9 Å². The SMILES string of the molecule is c1ccc(N(c2ccccc2)c2ccc(-c3ccc4oc5c6ccccc6c(-c6ccc(N(c7ccccc7)c7ccccc7)cc6)cc5c4c3)cc2)cc1. The highest BCUT2D eigenvalue weighted by Gasteiger charge is 2.18. The molecule has 10 aromatic rings. The minimum atomic E-state index is 0.883. The molecular formula is C52H36N2O. The summed E-state index contributed by atoms with van der Waals surface area (Å²) in [5.74, 6) is 0. The molecule has 0 N–H and O–H groups in total. The van der Waals surface area contributed by atoms with E-state index in [-0.39, 0.29) is 0 Å². The van der Waals surface area contributed by atoms with Crippen LogP contribution in [0.15, 0.2) is 223 Å². The van der Waals surface area contributed by atoms with Crippen molar-refractivity contribution in [2.45, 2.75) is 0 Å². The second-order valence-electron chi connectivity index (χ2n) is 13.8. The van der Waals surface area contributed by atoms with Crippen molar-refractivity contribution in [3.05, 3.63) is 218 Å². The summed E-state index contributed by atoms with van der Waals surface area (Å²) in [5, 5.41) is 4.50. The van der Waals surface area contributed by atoms with Crippen molar-refractivity contribution in [1.82, 2.24) is 0 Å². The van der Waals surface area contributed by atoms with E-state index in [2.05, 4.69) is 228 Å². The summed E-state index contributed by atoms with van der Waals surface area (Å²) in [5.41, 5.74) is 13.1. The number of para-hydroxylation sites is 4. The highest BCUT2D eigenvalue weighted by Crippen LogP contribution is 2.43. The molecule has 3 heteroatoms. The summed E-state index contributed by atoms with van der Waals surface area (Å²) in [6.07, 6.45) is 0. The molecule has 0 unspecified atom stereocenters. The minimum absolute atomic E-state index is 0.883. The third kappa shape index (κ3) is 5.98. The van der Waals surface area contributed by atoms with Gasteiger partial charge >= 0.3 is 0 Å². The molecule has 0 amide bonds. The molecule has 260 valence electrons. The fraction of sp³-hybridized carbons (Fsp3) is 0. The molecule has 1 heterocycles. The zero-order chi connectivity index (χ0) is 36.6. The van der Waals surface area contributed by atoms with Gasteiger partial charge in [-0.25, -0.2) is 0 Å². The van der Waals surface area contributed by atoms with Crippen molar-refractivity contribution in [3.63, 3.8) is 0 Å². The van der Waals surface area contributed by atoms with E-state index < -0.39 is 0 Å². The molecule has 9 aromatic carbocycles. The highest BCUT2D eigenvalue weighted by molar-refractivity contribution is 6.19. The minimum Gasteiger partial charge on any atom is -0.455 e. The Morgan fingerprint density at radius 1 is 0.273 bits per heavy atom. The lowest BCUT2D eigenvalue weighted by Gasteiger charge is -2.25. The van der Waals surface area contributed by atoms with Crippen LogP contribution >= 0.6 is 0 Å². The van der Waals surface area contributed by atoms with Gasteiger partial charge in [0.15, 0.2) is 0 Å². The summed E-state index contributed by atoms with van der Waals surface area (Å²) in [7, 11) is 0. The van der Waals surface area contributed by atoms with Gasteiger partial charge in [-0.05, 0) is 119 Å². The van der Waals surface area contributed by atoms with Gasteiger partial charge in [0.2, 0.25) is 0 Å². The first-order chi connectivity index (χ1) is 27.3. The Bertz CT molecular complexity index is 2810. The molecule has 0 atom stereocenters. The molecule has 0 saturated carbocycles. The average Bonchev–Trinajstić information content (AvgIpc) is 3.64. The maximum atomic E-state index is 6.63. The van der Waals surface area contributed by atoms with Crippen molar-refractivity contribution < 1.29 is 4.42 Å². The number of furan rings is 1. The van der Waals surface area contributed by atoms with Crippen LogP contribution in [0, 0.1) is 0 Å². The summed E-state index contributed by atoms with van der Waals surface area (Å²) >= 11 is 0. The van der Waals surface area contributed by atoms with Gasteiger partial charge < -0.3 is 14.2 Å². The number of anilines is 6. The zero-order valence-electron chi connectivity index (χ0n) is 30.1. The van der Waals surface area contributed by atoms with Crippen LogP contribution in [0.2, 0.25) is 0 Å². The van der Waals surface area contributed by atoms with Crippen LogP contribution in [0.25, 0.3) is 55.0 Å². The molecule has 3 nitrogen and oxygen atoms in total. The van der Waals surface area contributed by atoms with Gasteiger partial charge in [0.05, 0.1) is 0 Å². The number of fused-ring (bicyclic) bond motifs is 5. The first-order valence-corrected chi connectivity index (χ1v) is 18.7. The molecule has 0 radical (unpaired) electrons. The summed E-state index contributed by atoms with van der Waals surface area (Å²) in [6, 6.07) is 77.3. The quantitative estimate of drug-likeness (QED) is 0.157. The lowest BCUT2D eigenvalue weighted by atomic mass is 9.94. The van der Waals surface area contributed by atoms with Gasteiger partial charge in [0, 0.05) is 50.3 Å². The number of hydrogen-bond donors (Lipinski definition) is 0. The molecule has 0 aliphatic rings. The Kier molecular flexibility index (Phi) is 8.16. The number of nitrogens with zero attached hydrogens (tertiary/aromatic N) is 2. The fourth-order valence-corrected chi connectivity index (χ4v) is 7.81. The summed E-state index contributed by atoms with van der Waals surface area (Å²) in [4.78, 5) is 4.58. The van der Waals surface area contributed by atoms with Gasteiger partial charge in [0.1, 0.15) is 11.2 Å². The van der Waals surface area contributed by atoms with Crippen molar-refractivity contribution in [2.24, 2.45) is 0 Å². The monoisotopic (exact) mass is 704 g/mol. The molecule has 0 bridgehead atoms. The van der Waals surface area contributed by atoms with Crippen molar-refractivity contribution in [3.8, 4) is 22.3 Å². The molecule has 55 heavy (non-hydrogen) atoms. The molecule has 0 fully saturated rings. The van der Waals surface area contributed by atoms with Crippen LogP contribution in [0.3, 0.4) is 0 Å². The molecule has 0 aliphatic carbocycles. The van der Waals surface area contributed by atoms with E-state index in [0.29, 0.717) is 0 Å². The molecule has 0 saturated heterocycles. The topological polar surface area (TPSA) is 19.6 Å². The Labute approximate surface area is 320 Å². The van der Waals surface area contributed by atoms with Crippen LogP contribution < -0.4 is 9.80 Å². The van der Waals surface area contributed by atoms with E-state index in [0.717, 1.165) is 78.1 Å². The number of rotatable bonds is 8. The largest absolute Gasteiger partial charge is 0.455 e. The number of hydrogen-bond acceptors (Lipinski definition) is 3. The second kappa shape index (κ2) is 13.9. The standard InChI is InChI=1S/C52H36N2O/c1-5-15-40(16-6-1)53(41-17-7-2-8-18-41)44-30-25-37(26-31-44)39-29-34-51-49(35-39)50-36-48(46-23-13-14-24-47(46)52(50)55-51)38-27-32-45(33-28-38)54(42-19-9-3-10-20-42)43-21-11-4-12-22-43/h1-36H. The normalized spacial score (nSPS) is 11.3. The maximum absolute atomic E-state index is 6.63. The third-order valence-electron chi connectivity index (χ3n) is 10.4. The van der Waals surface area contributed by atoms with Gasteiger partial charge in [-0.15, -0.1) is 0 Å². The first kappa shape index (κ1) is 32.3. The Morgan fingerprint density at radius 2 is 0.673 bits per heavy atom. The lowest BCUT2D eigenvalue weighted by Crippen LogP contribution is -2.09. The van der Waals surface area contributed by atoms with E-state index in [4.69, 9.17) is 4.42 Å². The van der Waals surface area contributed by atoms with Gasteiger partial charge in [-0.1, -0.05) is 127 Å². The van der Waals surface area contributed by atoms with Gasteiger partial charge in [-0.3, -0.25) is 0 Å². The van der Waals surface area contributed by atoms with Gasteiger partial charge in [0.25, 0.3) is 0 Å².